The van der Waals surface area contributed by atoms with Gasteiger partial charge in [-0.15, -0.1) is 0 Å². The fraction of sp³-hybridized carbons (Fsp3) is 0.304. The number of pyridine rings is 1. The van der Waals surface area contributed by atoms with Gasteiger partial charge in [0.25, 0.3) is 0 Å². The van der Waals surface area contributed by atoms with Crippen molar-refractivity contribution >= 4 is 26.9 Å². The number of aromatic nitrogens is 1. The second-order valence-electron chi connectivity index (χ2n) is 7.41. The second kappa shape index (κ2) is 8.28. The maximum atomic E-state index is 13.4. The molecule has 0 N–H and O–H groups in total. The number of rotatable bonds is 5. The first-order valence-electron chi connectivity index (χ1n) is 10.3. The Kier molecular flexibility index (Phi) is 5.68. The van der Waals surface area contributed by atoms with Gasteiger partial charge >= 0.3 is 5.97 Å². The van der Waals surface area contributed by atoms with Gasteiger partial charge < -0.3 is 9.30 Å². The highest BCUT2D eigenvalue weighted by Crippen LogP contribution is 2.26. The molecule has 0 fully saturated rings. The monoisotopic (exact) mass is 440 g/mol. The Bertz CT molecular complexity index is 1330. The van der Waals surface area contributed by atoms with Crippen molar-refractivity contribution in [3.05, 3.63) is 75.6 Å². The SMILES string of the molecule is CCOC(=O)c1cn(CC)c2ccc(S(=O)(=O)N3CCc4ccccc4C3)cc2c1=O. The van der Waals surface area contributed by atoms with Crippen LogP contribution in [-0.2, 0) is 34.3 Å². The van der Waals surface area contributed by atoms with Crippen LogP contribution in [0.3, 0.4) is 0 Å². The number of hydrogen-bond donors (Lipinski definition) is 0. The minimum Gasteiger partial charge on any atom is -0.462 e. The molecule has 0 saturated carbocycles. The Labute approximate surface area is 180 Å². The number of benzene rings is 2. The molecule has 1 aliphatic rings. The van der Waals surface area contributed by atoms with Crippen molar-refractivity contribution in [1.29, 1.82) is 0 Å². The molecule has 2 heterocycles. The zero-order valence-corrected chi connectivity index (χ0v) is 18.3. The highest BCUT2D eigenvalue weighted by Gasteiger charge is 2.29. The van der Waals surface area contributed by atoms with Gasteiger partial charge in [0.1, 0.15) is 5.56 Å². The number of carbonyl (C=O) groups is 1. The molecule has 1 aromatic heterocycles. The summed E-state index contributed by atoms with van der Waals surface area (Å²) in [6, 6.07) is 12.3. The maximum Gasteiger partial charge on any atom is 0.343 e. The zero-order chi connectivity index (χ0) is 22.2. The van der Waals surface area contributed by atoms with Gasteiger partial charge in [-0.25, -0.2) is 13.2 Å². The fourth-order valence-corrected chi connectivity index (χ4v) is 5.42. The Hall–Kier alpha value is -2.97. The summed E-state index contributed by atoms with van der Waals surface area (Å²) in [6.45, 7) is 4.87. The van der Waals surface area contributed by atoms with Crippen LogP contribution in [0.1, 0.15) is 35.3 Å². The smallest absolute Gasteiger partial charge is 0.343 e. The molecule has 8 heteroatoms. The molecule has 0 unspecified atom stereocenters. The number of ether oxygens (including phenoxy) is 1. The van der Waals surface area contributed by atoms with E-state index in [1.807, 2.05) is 31.2 Å². The van der Waals surface area contributed by atoms with Crippen molar-refractivity contribution in [3.8, 4) is 0 Å². The lowest BCUT2D eigenvalue weighted by Crippen LogP contribution is -2.36. The topological polar surface area (TPSA) is 85.7 Å². The average molecular weight is 441 g/mol. The first-order valence-corrected chi connectivity index (χ1v) is 11.7. The van der Waals surface area contributed by atoms with Gasteiger partial charge in [-0.3, -0.25) is 4.79 Å². The Balaban J connectivity index is 1.80. The van der Waals surface area contributed by atoms with E-state index < -0.39 is 21.4 Å². The van der Waals surface area contributed by atoms with E-state index >= 15 is 0 Å². The number of carbonyl (C=O) groups excluding carboxylic acids is 1. The number of aryl methyl sites for hydroxylation is 1. The van der Waals surface area contributed by atoms with Crippen LogP contribution in [0.25, 0.3) is 10.9 Å². The van der Waals surface area contributed by atoms with Crippen LogP contribution in [0.2, 0.25) is 0 Å². The molecule has 0 aliphatic carbocycles. The Morgan fingerprint density at radius 3 is 2.55 bits per heavy atom. The summed E-state index contributed by atoms with van der Waals surface area (Å²) >= 11 is 0. The maximum absolute atomic E-state index is 13.4. The van der Waals surface area contributed by atoms with Crippen molar-refractivity contribution in [2.24, 2.45) is 0 Å². The lowest BCUT2D eigenvalue weighted by atomic mass is 10.0. The molecular weight excluding hydrogens is 416 g/mol. The highest BCUT2D eigenvalue weighted by molar-refractivity contribution is 7.89. The van der Waals surface area contributed by atoms with Crippen LogP contribution in [0, 0.1) is 0 Å². The molecule has 3 aromatic rings. The van der Waals surface area contributed by atoms with E-state index in [1.165, 1.54) is 22.6 Å². The standard InChI is InChI=1S/C23H24N2O5S/c1-3-24-15-20(23(27)30-4-2)22(26)19-13-18(9-10-21(19)24)31(28,29)25-12-11-16-7-5-6-8-17(16)14-25/h5-10,13,15H,3-4,11-12,14H2,1-2H3. The number of esters is 1. The summed E-state index contributed by atoms with van der Waals surface area (Å²) < 4.78 is 34.9. The lowest BCUT2D eigenvalue weighted by Gasteiger charge is -2.28. The van der Waals surface area contributed by atoms with Gasteiger partial charge in [-0.05, 0) is 49.6 Å². The first kappa shape index (κ1) is 21.3. The number of sulfonamides is 1. The predicted octanol–water partition coefficient (Wildman–Crippen LogP) is 2.95. The Morgan fingerprint density at radius 2 is 1.84 bits per heavy atom. The fourth-order valence-electron chi connectivity index (χ4n) is 3.98. The van der Waals surface area contributed by atoms with E-state index in [9.17, 15) is 18.0 Å². The number of nitrogens with zero attached hydrogens (tertiary/aromatic N) is 2. The Morgan fingerprint density at radius 1 is 1.10 bits per heavy atom. The van der Waals surface area contributed by atoms with Crippen molar-refractivity contribution in [3.63, 3.8) is 0 Å². The third kappa shape index (κ3) is 3.77. The third-order valence-corrected chi connectivity index (χ3v) is 7.46. The summed E-state index contributed by atoms with van der Waals surface area (Å²) in [5.74, 6) is -0.711. The number of fused-ring (bicyclic) bond motifs is 2. The minimum atomic E-state index is -3.81. The van der Waals surface area contributed by atoms with E-state index in [1.54, 1.807) is 17.6 Å². The van der Waals surface area contributed by atoms with Crippen molar-refractivity contribution in [1.82, 2.24) is 8.87 Å². The minimum absolute atomic E-state index is 0.0418. The van der Waals surface area contributed by atoms with Gasteiger partial charge in [-0.1, -0.05) is 24.3 Å². The number of hydrogen-bond acceptors (Lipinski definition) is 5. The van der Waals surface area contributed by atoms with Crippen LogP contribution < -0.4 is 5.43 Å². The van der Waals surface area contributed by atoms with Crippen LogP contribution in [0.5, 0.6) is 0 Å². The van der Waals surface area contributed by atoms with Crippen LogP contribution in [-0.4, -0.2) is 36.4 Å². The summed E-state index contributed by atoms with van der Waals surface area (Å²) in [7, 11) is -3.81. The van der Waals surface area contributed by atoms with Gasteiger partial charge in [-0.2, -0.15) is 4.31 Å². The highest BCUT2D eigenvalue weighted by atomic mass is 32.2. The summed E-state index contributed by atoms with van der Waals surface area (Å²) in [5.41, 5.74) is 2.08. The van der Waals surface area contributed by atoms with Crippen LogP contribution in [0.15, 0.2) is 58.4 Å². The zero-order valence-electron chi connectivity index (χ0n) is 17.5. The van der Waals surface area contributed by atoms with Crippen LogP contribution >= 0.6 is 0 Å². The van der Waals surface area contributed by atoms with Gasteiger partial charge in [0.2, 0.25) is 15.5 Å². The molecule has 162 valence electrons. The molecule has 4 rings (SSSR count). The molecule has 2 aromatic carbocycles. The molecule has 0 atom stereocenters. The molecule has 0 amide bonds. The van der Waals surface area contributed by atoms with Gasteiger partial charge in [0.15, 0.2) is 0 Å². The summed E-state index contributed by atoms with van der Waals surface area (Å²) in [4.78, 5) is 25.3. The van der Waals surface area contributed by atoms with E-state index in [-0.39, 0.29) is 22.5 Å². The quantitative estimate of drug-likeness (QED) is 0.570. The molecule has 0 radical (unpaired) electrons. The van der Waals surface area contributed by atoms with E-state index in [4.69, 9.17) is 4.74 Å². The summed E-state index contributed by atoms with van der Waals surface area (Å²) in [5, 5.41) is 0.186. The van der Waals surface area contributed by atoms with Crippen molar-refractivity contribution in [2.75, 3.05) is 13.2 Å². The molecule has 0 bridgehead atoms. The normalized spacial score (nSPS) is 14.4. The van der Waals surface area contributed by atoms with E-state index in [2.05, 4.69) is 0 Å². The second-order valence-corrected chi connectivity index (χ2v) is 9.35. The lowest BCUT2D eigenvalue weighted by molar-refractivity contribution is 0.0524. The van der Waals surface area contributed by atoms with E-state index in [0.29, 0.717) is 31.6 Å². The molecule has 31 heavy (non-hydrogen) atoms. The van der Waals surface area contributed by atoms with Crippen molar-refractivity contribution < 1.29 is 17.9 Å². The largest absolute Gasteiger partial charge is 0.462 e. The average Bonchev–Trinajstić information content (AvgIpc) is 2.79. The molecule has 0 saturated heterocycles. The summed E-state index contributed by atoms with van der Waals surface area (Å²) in [6.07, 6.45) is 2.11. The third-order valence-electron chi connectivity index (χ3n) is 5.62. The first-order chi connectivity index (χ1) is 14.9. The van der Waals surface area contributed by atoms with Crippen LogP contribution in [0.4, 0.5) is 0 Å². The molecule has 0 spiro atoms. The molecular formula is C23H24N2O5S. The van der Waals surface area contributed by atoms with Crippen molar-refractivity contribution in [2.45, 2.75) is 38.3 Å². The van der Waals surface area contributed by atoms with Gasteiger partial charge in [0, 0.05) is 31.2 Å². The predicted molar refractivity (Wildman–Crippen MR) is 118 cm³/mol. The van der Waals surface area contributed by atoms with Gasteiger partial charge in [0.05, 0.1) is 17.0 Å². The van der Waals surface area contributed by atoms with E-state index in [0.717, 1.165) is 11.1 Å². The molecule has 1 aliphatic heterocycles. The molecule has 7 nitrogen and oxygen atoms in total.